The standard InChI is InChI=1S/C16H19N4O10P/c1-8(21)12-15(17)19(7-18-12)16-14(23)13(22)11(29-16)6-28-31(26,27)30-10-4-2-9(3-5-10)20(24)25/h2-5,7,11,13-14,16,22-23H,6,17H2,1H3,(H,26,27)/t11-,13-,14-,16-/m1/s1. The summed E-state index contributed by atoms with van der Waals surface area (Å²) >= 11 is 0. The van der Waals surface area contributed by atoms with Crippen LogP contribution in [-0.4, -0.2) is 60.3 Å². The highest BCUT2D eigenvalue weighted by atomic mass is 31.2. The molecule has 2 aromatic rings. The van der Waals surface area contributed by atoms with Gasteiger partial charge in [0.25, 0.3) is 5.69 Å². The molecule has 1 unspecified atom stereocenters. The number of anilines is 1. The van der Waals surface area contributed by atoms with Gasteiger partial charge in [0.05, 0.1) is 17.9 Å². The van der Waals surface area contributed by atoms with E-state index < -0.39 is 49.7 Å². The Bertz CT molecular complexity index is 1030. The maximum Gasteiger partial charge on any atom is 0.527 e. The number of hydrogen-bond donors (Lipinski definition) is 4. The monoisotopic (exact) mass is 458 g/mol. The molecule has 5 N–H and O–H groups in total. The average molecular weight is 458 g/mol. The predicted molar refractivity (Wildman–Crippen MR) is 102 cm³/mol. The minimum absolute atomic E-state index is 0.0404. The van der Waals surface area contributed by atoms with Crippen LogP contribution in [0.25, 0.3) is 0 Å². The molecule has 31 heavy (non-hydrogen) atoms. The summed E-state index contributed by atoms with van der Waals surface area (Å²) in [5.41, 5.74) is 5.54. The Kier molecular flexibility index (Phi) is 6.40. The third kappa shape index (κ3) is 4.90. The summed E-state index contributed by atoms with van der Waals surface area (Å²) in [6, 6.07) is 4.37. The van der Waals surface area contributed by atoms with Crippen molar-refractivity contribution in [1.29, 1.82) is 0 Å². The number of phosphoric ester groups is 1. The SMILES string of the molecule is CC(=O)c1ncn([C@@H]2O[C@H](COP(=O)(O)Oc3ccc([N+](=O)[O-])cc3)[C@@H](O)[C@H]2O)c1N. The largest absolute Gasteiger partial charge is 0.527 e. The van der Waals surface area contributed by atoms with E-state index in [1.165, 1.54) is 6.92 Å². The maximum absolute atomic E-state index is 12.1. The third-order valence-corrected chi connectivity index (χ3v) is 5.36. The van der Waals surface area contributed by atoms with E-state index in [2.05, 4.69) is 4.98 Å². The summed E-state index contributed by atoms with van der Waals surface area (Å²) in [5.74, 6) is -0.654. The average Bonchev–Trinajstić information content (AvgIpc) is 3.21. The summed E-state index contributed by atoms with van der Waals surface area (Å²) in [6.45, 7) is 0.605. The Balaban J connectivity index is 1.64. The number of non-ortho nitro benzene ring substituents is 1. The number of phosphoric acid groups is 1. The van der Waals surface area contributed by atoms with E-state index in [4.69, 9.17) is 19.5 Å². The first kappa shape index (κ1) is 22.8. The molecule has 168 valence electrons. The summed E-state index contributed by atoms with van der Waals surface area (Å²) in [7, 11) is -4.69. The molecule has 14 nitrogen and oxygen atoms in total. The molecule has 0 aliphatic carbocycles. The number of nitrogen functional groups attached to an aromatic ring is 1. The Labute approximate surface area is 174 Å². The van der Waals surface area contributed by atoms with Crippen LogP contribution in [0.3, 0.4) is 0 Å². The van der Waals surface area contributed by atoms with Crippen LogP contribution in [0.1, 0.15) is 23.6 Å². The van der Waals surface area contributed by atoms with Crippen molar-refractivity contribution in [2.24, 2.45) is 0 Å². The van der Waals surface area contributed by atoms with E-state index in [1.807, 2.05) is 0 Å². The zero-order valence-corrected chi connectivity index (χ0v) is 16.9. The van der Waals surface area contributed by atoms with Crippen molar-refractivity contribution >= 4 is 25.1 Å². The van der Waals surface area contributed by atoms with E-state index in [9.17, 15) is 34.6 Å². The second kappa shape index (κ2) is 8.70. The fourth-order valence-corrected chi connectivity index (χ4v) is 3.67. The van der Waals surface area contributed by atoms with Gasteiger partial charge in [0.15, 0.2) is 12.0 Å². The first-order valence-corrected chi connectivity index (χ1v) is 10.3. The molecule has 2 heterocycles. The van der Waals surface area contributed by atoms with Gasteiger partial charge in [-0.1, -0.05) is 0 Å². The molecule has 1 fully saturated rings. The van der Waals surface area contributed by atoms with E-state index in [0.29, 0.717) is 0 Å². The predicted octanol–water partition coefficient (Wildman–Crippen LogP) is 0.391. The summed E-state index contributed by atoms with van der Waals surface area (Å²) in [5, 5.41) is 31.1. The number of nitrogens with zero attached hydrogens (tertiary/aromatic N) is 3. The summed E-state index contributed by atoms with van der Waals surface area (Å²) in [4.78, 5) is 35.2. The van der Waals surface area contributed by atoms with Gasteiger partial charge < -0.3 is 25.2 Å². The quantitative estimate of drug-likeness (QED) is 0.183. The van der Waals surface area contributed by atoms with Gasteiger partial charge in [-0.3, -0.25) is 28.9 Å². The number of benzene rings is 1. The lowest BCUT2D eigenvalue weighted by molar-refractivity contribution is -0.384. The molecule has 1 aromatic carbocycles. The minimum Gasteiger partial charge on any atom is -0.404 e. The van der Waals surface area contributed by atoms with E-state index in [0.717, 1.165) is 35.2 Å². The number of hydrogen-bond acceptors (Lipinski definition) is 11. The van der Waals surface area contributed by atoms with Crippen LogP contribution >= 0.6 is 7.82 Å². The molecule has 0 spiro atoms. The molecule has 1 aliphatic heterocycles. The number of aromatic nitrogens is 2. The van der Waals surface area contributed by atoms with Crippen molar-refractivity contribution in [3.05, 3.63) is 46.4 Å². The summed E-state index contributed by atoms with van der Waals surface area (Å²) < 4.78 is 28.4. The molecule has 1 saturated heterocycles. The van der Waals surface area contributed by atoms with Gasteiger partial charge in [0, 0.05) is 19.1 Å². The fourth-order valence-electron chi connectivity index (χ4n) is 2.90. The third-order valence-electron chi connectivity index (χ3n) is 4.45. The zero-order chi connectivity index (χ0) is 22.9. The van der Waals surface area contributed by atoms with Gasteiger partial charge in [-0.05, 0) is 12.1 Å². The summed E-state index contributed by atoms with van der Waals surface area (Å²) in [6.07, 6.45) is -4.34. The van der Waals surface area contributed by atoms with Crippen molar-refractivity contribution < 1.29 is 43.2 Å². The molecular formula is C16H19N4O10P. The lowest BCUT2D eigenvalue weighted by Crippen LogP contribution is -2.33. The molecule has 15 heteroatoms. The highest BCUT2D eigenvalue weighted by Gasteiger charge is 2.45. The number of ether oxygens (including phenoxy) is 1. The van der Waals surface area contributed by atoms with Crippen LogP contribution in [0.2, 0.25) is 0 Å². The zero-order valence-electron chi connectivity index (χ0n) is 16.0. The van der Waals surface area contributed by atoms with Crippen molar-refractivity contribution in [1.82, 2.24) is 9.55 Å². The number of aliphatic hydroxyl groups excluding tert-OH is 2. The first-order valence-electron chi connectivity index (χ1n) is 8.76. The van der Waals surface area contributed by atoms with Crippen LogP contribution in [0.4, 0.5) is 11.5 Å². The van der Waals surface area contributed by atoms with Crippen LogP contribution < -0.4 is 10.3 Å². The number of Topliss-reactive ketones (excluding diaryl/α,β-unsaturated/α-hetero) is 1. The highest BCUT2D eigenvalue weighted by molar-refractivity contribution is 7.47. The molecule has 3 rings (SSSR count). The van der Waals surface area contributed by atoms with Gasteiger partial charge >= 0.3 is 7.82 Å². The molecule has 1 aromatic heterocycles. The molecule has 0 radical (unpaired) electrons. The minimum atomic E-state index is -4.69. The van der Waals surface area contributed by atoms with Gasteiger partial charge in [0.1, 0.15) is 35.6 Å². The number of ketones is 1. The van der Waals surface area contributed by atoms with Crippen LogP contribution in [0.15, 0.2) is 30.6 Å². The van der Waals surface area contributed by atoms with Crippen LogP contribution in [0.5, 0.6) is 5.75 Å². The molecule has 0 bridgehead atoms. The number of carbonyl (C=O) groups excluding carboxylic acids is 1. The van der Waals surface area contributed by atoms with Gasteiger partial charge in [-0.15, -0.1) is 0 Å². The number of carbonyl (C=O) groups is 1. The first-order chi connectivity index (χ1) is 14.5. The van der Waals surface area contributed by atoms with Crippen LogP contribution in [0, 0.1) is 10.1 Å². The second-order valence-corrected chi connectivity index (χ2v) is 7.97. The smallest absolute Gasteiger partial charge is 0.404 e. The number of rotatable bonds is 8. The number of nitrogens with two attached hydrogens (primary N) is 1. The highest BCUT2D eigenvalue weighted by Crippen LogP contribution is 2.45. The van der Waals surface area contributed by atoms with Crippen molar-refractivity contribution in [2.75, 3.05) is 12.3 Å². The van der Waals surface area contributed by atoms with Crippen molar-refractivity contribution in [3.8, 4) is 5.75 Å². The van der Waals surface area contributed by atoms with Crippen molar-refractivity contribution in [2.45, 2.75) is 31.5 Å². The van der Waals surface area contributed by atoms with Crippen LogP contribution in [-0.2, 0) is 13.8 Å². The Morgan fingerprint density at radius 1 is 1.35 bits per heavy atom. The topological polar surface area (TPSA) is 210 Å². The Hall–Kier alpha value is -2.87. The van der Waals surface area contributed by atoms with E-state index >= 15 is 0 Å². The number of aliphatic hydroxyl groups is 2. The van der Waals surface area contributed by atoms with Gasteiger partial charge in [0.2, 0.25) is 0 Å². The number of imidazole rings is 1. The Morgan fingerprint density at radius 2 is 2.00 bits per heavy atom. The van der Waals surface area contributed by atoms with E-state index in [1.54, 1.807) is 0 Å². The van der Waals surface area contributed by atoms with Gasteiger partial charge in [-0.2, -0.15) is 0 Å². The van der Waals surface area contributed by atoms with Crippen molar-refractivity contribution in [3.63, 3.8) is 0 Å². The maximum atomic E-state index is 12.1. The Morgan fingerprint density at radius 3 is 2.55 bits per heavy atom. The molecular weight excluding hydrogens is 439 g/mol. The molecule has 5 atom stereocenters. The molecule has 1 aliphatic rings. The van der Waals surface area contributed by atoms with E-state index in [-0.39, 0.29) is 22.9 Å². The molecule has 0 saturated carbocycles. The lowest BCUT2D eigenvalue weighted by Gasteiger charge is -2.18. The fraction of sp³-hybridized carbons (Fsp3) is 0.375. The normalized spacial score (nSPS) is 25.2. The number of nitro groups is 1. The molecule has 0 amide bonds. The lowest BCUT2D eigenvalue weighted by atomic mass is 10.1. The van der Waals surface area contributed by atoms with Gasteiger partial charge in [-0.25, -0.2) is 9.55 Å². The second-order valence-electron chi connectivity index (χ2n) is 6.59. The number of nitro benzene ring substituents is 1.